The summed E-state index contributed by atoms with van der Waals surface area (Å²) in [6, 6.07) is 0. The Labute approximate surface area is 120 Å². The maximum absolute atomic E-state index is 11.5. The number of carboxylic acid groups (broad SMARTS) is 1. The van der Waals surface area contributed by atoms with Gasteiger partial charge in [0.2, 0.25) is 0 Å². The summed E-state index contributed by atoms with van der Waals surface area (Å²) in [6.45, 7) is 4.30. The van der Waals surface area contributed by atoms with Crippen molar-refractivity contribution in [2.75, 3.05) is 24.6 Å². The fourth-order valence-corrected chi connectivity index (χ4v) is 3.37. The van der Waals surface area contributed by atoms with Gasteiger partial charge in [-0.2, -0.15) is 0 Å². The Hall–Kier alpha value is -1.60. The molecule has 6 nitrogen and oxygen atoms in total. The van der Waals surface area contributed by atoms with Crippen LogP contribution in [0.3, 0.4) is 0 Å². The summed E-state index contributed by atoms with van der Waals surface area (Å²) in [5.74, 6) is -0.350. The summed E-state index contributed by atoms with van der Waals surface area (Å²) >= 11 is 1.45. The van der Waals surface area contributed by atoms with E-state index in [0.717, 1.165) is 37.5 Å². The number of anilines is 1. The number of ether oxygens (including phenoxy) is 1. The Balaban J connectivity index is 1.85. The van der Waals surface area contributed by atoms with Gasteiger partial charge in [0.25, 0.3) is 0 Å². The van der Waals surface area contributed by atoms with Crippen LogP contribution < -0.4 is 4.90 Å². The van der Waals surface area contributed by atoms with Crippen molar-refractivity contribution in [3.63, 3.8) is 0 Å². The molecule has 20 heavy (non-hydrogen) atoms. The lowest BCUT2D eigenvalue weighted by molar-refractivity contribution is 0.0458. The number of thiazole rings is 1. The second-order valence-corrected chi connectivity index (χ2v) is 5.66. The predicted molar refractivity (Wildman–Crippen MR) is 76.9 cm³/mol. The first-order valence-corrected chi connectivity index (χ1v) is 7.64. The van der Waals surface area contributed by atoms with Gasteiger partial charge >= 0.3 is 5.97 Å². The summed E-state index contributed by atoms with van der Waals surface area (Å²) in [7, 11) is 0. The van der Waals surface area contributed by atoms with Crippen LogP contribution in [-0.4, -0.2) is 46.3 Å². The number of fused-ring (bicyclic) bond motifs is 1. The molecule has 7 heteroatoms. The van der Waals surface area contributed by atoms with E-state index in [-0.39, 0.29) is 11.8 Å². The second kappa shape index (κ2) is 5.41. The van der Waals surface area contributed by atoms with Crippen molar-refractivity contribution >= 4 is 28.1 Å². The van der Waals surface area contributed by atoms with E-state index in [1.165, 1.54) is 11.3 Å². The Kier molecular flexibility index (Phi) is 3.62. The van der Waals surface area contributed by atoms with Gasteiger partial charge in [-0.15, -0.1) is 11.3 Å². The highest BCUT2D eigenvalue weighted by Gasteiger charge is 2.27. The number of imidazole rings is 1. The molecule has 3 rings (SSSR count). The standard InChI is InChI=1S/C13H17N3O3S/c1-2-19-9-3-5-15(6-4-9)11-10(12(17)18)16-7-8-20-13(16)14-11/h7-9H,2-6H2,1H3,(H,17,18). The molecule has 1 aliphatic heterocycles. The topological polar surface area (TPSA) is 67.1 Å². The highest BCUT2D eigenvalue weighted by molar-refractivity contribution is 7.15. The van der Waals surface area contributed by atoms with E-state index < -0.39 is 5.97 Å². The maximum Gasteiger partial charge on any atom is 0.356 e. The first-order chi connectivity index (χ1) is 9.70. The SMILES string of the molecule is CCOC1CCN(c2nc3sccn3c2C(=O)O)CC1. The fraction of sp³-hybridized carbons (Fsp3) is 0.538. The van der Waals surface area contributed by atoms with Gasteiger partial charge in [-0.25, -0.2) is 9.78 Å². The number of aromatic nitrogens is 2. The molecule has 0 radical (unpaired) electrons. The highest BCUT2D eigenvalue weighted by atomic mass is 32.1. The molecule has 0 saturated carbocycles. The number of hydrogen-bond acceptors (Lipinski definition) is 5. The number of aromatic carboxylic acids is 1. The van der Waals surface area contributed by atoms with Crippen LogP contribution in [0.15, 0.2) is 11.6 Å². The maximum atomic E-state index is 11.5. The zero-order valence-electron chi connectivity index (χ0n) is 11.3. The molecule has 0 amide bonds. The molecule has 1 fully saturated rings. The molecule has 2 aromatic rings. The first kappa shape index (κ1) is 13.4. The third-order valence-electron chi connectivity index (χ3n) is 3.59. The van der Waals surface area contributed by atoms with E-state index in [1.54, 1.807) is 10.6 Å². The van der Waals surface area contributed by atoms with Gasteiger partial charge in [0.15, 0.2) is 16.5 Å². The molecule has 0 atom stereocenters. The molecule has 0 aromatic carbocycles. The summed E-state index contributed by atoms with van der Waals surface area (Å²) in [5.41, 5.74) is 0.260. The van der Waals surface area contributed by atoms with E-state index in [0.29, 0.717) is 5.82 Å². The van der Waals surface area contributed by atoms with E-state index in [1.807, 2.05) is 12.3 Å². The Morgan fingerprint density at radius 1 is 1.55 bits per heavy atom. The van der Waals surface area contributed by atoms with Crippen molar-refractivity contribution < 1.29 is 14.6 Å². The lowest BCUT2D eigenvalue weighted by Crippen LogP contribution is -2.38. The first-order valence-electron chi connectivity index (χ1n) is 6.76. The van der Waals surface area contributed by atoms with Crippen molar-refractivity contribution in [2.45, 2.75) is 25.9 Å². The number of rotatable bonds is 4. The van der Waals surface area contributed by atoms with Crippen LogP contribution in [0.4, 0.5) is 5.82 Å². The van der Waals surface area contributed by atoms with Crippen LogP contribution in [-0.2, 0) is 4.74 Å². The third kappa shape index (κ3) is 2.27. The molecule has 0 spiro atoms. The van der Waals surface area contributed by atoms with Gasteiger partial charge in [0.1, 0.15) is 0 Å². The van der Waals surface area contributed by atoms with Crippen LogP contribution >= 0.6 is 11.3 Å². The molecule has 0 bridgehead atoms. The van der Waals surface area contributed by atoms with Crippen LogP contribution in [0, 0.1) is 0 Å². The third-order valence-corrected chi connectivity index (χ3v) is 4.35. The van der Waals surface area contributed by atoms with Gasteiger partial charge < -0.3 is 14.7 Å². The average Bonchev–Trinajstić information content (AvgIpc) is 2.99. The number of carbonyl (C=O) groups is 1. The monoisotopic (exact) mass is 295 g/mol. The van der Waals surface area contributed by atoms with Crippen molar-refractivity contribution in [3.8, 4) is 0 Å². The number of hydrogen-bond donors (Lipinski definition) is 1. The smallest absolute Gasteiger partial charge is 0.356 e. The van der Waals surface area contributed by atoms with Gasteiger partial charge in [-0.1, -0.05) is 0 Å². The summed E-state index contributed by atoms with van der Waals surface area (Å²) < 4.78 is 7.27. The minimum absolute atomic E-state index is 0.260. The number of carboxylic acids is 1. The molecule has 1 N–H and O–H groups in total. The van der Waals surface area contributed by atoms with Crippen molar-refractivity contribution in [3.05, 3.63) is 17.3 Å². The Bertz CT molecular complexity index is 613. The van der Waals surface area contributed by atoms with Gasteiger partial charge in [-0.05, 0) is 19.8 Å². The molecule has 1 saturated heterocycles. The normalized spacial score (nSPS) is 16.9. The van der Waals surface area contributed by atoms with Crippen LogP contribution in [0.1, 0.15) is 30.3 Å². The molecule has 108 valence electrons. The summed E-state index contributed by atoms with van der Waals surface area (Å²) in [6.07, 6.45) is 3.87. The Morgan fingerprint density at radius 3 is 2.95 bits per heavy atom. The van der Waals surface area contributed by atoms with Gasteiger partial charge in [-0.3, -0.25) is 4.40 Å². The molecule has 3 heterocycles. The second-order valence-electron chi connectivity index (χ2n) is 4.79. The minimum Gasteiger partial charge on any atom is -0.476 e. The summed E-state index contributed by atoms with van der Waals surface area (Å²) in [5, 5.41) is 11.3. The average molecular weight is 295 g/mol. The van der Waals surface area contributed by atoms with E-state index in [4.69, 9.17) is 4.74 Å². The molecule has 0 unspecified atom stereocenters. The molecule has 0 aliphatic carbocycles. The zero-order valence-corrected chi connectivity index (χ0v) is 12.1. The van der Waals surface area contributed by atoms with Crippen LogP contribution in [0.2, 0.25) is 0 Å². The quantitative estimate of drug-likeness (QED) is 0.935. The van der Waals surface area contributed by atoms with Gasteiger partial charge in [0.05, 0.1) is 6.10 Å². The minimum atomic E-state index is -0.933. The molecule has 2 aromatic heterocycles. The molecular formula is C13H17N3O3S. The number of piperidine rings is 1. The van der Waals surface area contributed by atoms with E-state index >= 15 is 0 Å². The number of nitrogens with zero attached hydrogens (tertiary/aromatic N) is 3. The van der Waals surface area contributed by atoms with E-state index in [2.05, 4.69) is 9.88 Å². The van der Waals surface area contributed by atoms with E-state index in [9.17, 15) is 9.90 Å². The van der Waals surface area contributed by atoms with Gasteiger partial charge in [0, 0.05) is 31.3 Å². The lowest BCUT2D eigenvalue weighted by atomic mass is 10.1. The molecular weight excluding hydrogens is 278 g/mol. The summed E-state index contributed by atoms with van der Waals surface area (Å²) in [4.78, 5) is 18.8. The van der Waals surface area contributed by atoms with Crippen LogP contribution in [0.5, 0.6) is 0 Å². The van der Waals surface area contributed by atoms with Crippen molar-refractivity contribution in [1.82, 2.24) is 9.38 Å². The molecule has 1 aliphatic rings. The predicted octanol–water partition coefficient (Wildman–Crippen LogP) is 2.10. The lowest BCUT2D eigenvalue weighted by Gasteiger charge is -2.32. The Morgan fingerprint density at radius 2 is 2.30 bits per heavy atom. The highest BCUT2D eigenvalue weighted by Crippen LogP contribution is 2.27. The largest absolute Gasteiger partial charge is 0.476 e. The van der Waals surface area contributed by atoms with Crippen molar-refractivity contribution in [1.29, 1.82) is 0 Å². The zero-order chi connectivity index (χ0) is 14.1. The van der Waals surface area contributed by atoms with Crippen molar-refractivity contribution in [2.24, 2.45) is 0 Å². The fourth-order valence-electron chi connectivity index (χ4n) is 2.66. The van der Waals surface area contributed by atoms with Crippen LogP contribution in [0.25, 0.3) is 4.96 Å².